The number of nitrogens with two attached hydrogens (primary N) is 1. The van der Waals surface area contributed by atoms with E-state index in [4.69, 9.17) is 10.5 Å². The van der Waals surface area contributed by atoms with Crippen LogP contribution in [0.4, 0.5) is 10.2 Å². The molecule has 2 aromatic rings. The second-order valence-corrected chi connectivity index (χ2v) is 3.27. The zero-order valence-corrected chi connectivity index (χ0v) is 8.56. The van der Waals surface area contributed by atoms with Crippen LogP contribution in [0.2, 0.25) is 0 Å². The Bertz CT molecular complexity index is 488. The second kappa shape index (κ2) is 4.61. The van der Waals surface area contributed by atoms with Crippen molar-refractivity contribution >= 4 is 5.82 Å². The van der Waals surface area contributed by atoms with Crippen LogP contribution in [0.3, 0.4) is 0 Å². The van der Waals surface area contributed by atoms with Crippen LogP contribution < -0.4 is 10.5 Å². The molecule has 1 aromatic carbocycles. The molecule has 2 N–H and O–H groups in total. The van der Waals surface area contributed by atoms with Gasteiger partial charge >= 0.3 is 0 Å². The van der Waals surface area contributed by atoms with Crippen LogP contribution in [0.5, 0.6) is 5.75 Å². The summed E-state index contributed by atoms with van der Waals surface area (Å²) in [7, 11) is 0. The normalized spacial score (nSPS) is 10.1. The lowest BCUT2D eigenvalue weighted by Crippen LogP contribution is -2.01. The van der Waals surface area contributed by atoms with Crippen molar-refractivity contribution in [2.75, 3.05) is 5.73 Å². The number of pyridine rings is 1. The first kappa shape index (κ1) is 10.4. The molecule has 4 heteroatoms. The minimum atomic E-state index is -0.383. The van der Waals surface area contributed by atoms with Crippen LogP contribution in [0.25, 0.3) is 0 Å². The number of benzene rings is 1. The summed E-state index contributed by atoms with van der Waals surface area (Å²) >= 11 is 0. The van der Waals surface area contributed by atoms with E-state index in [1.54, 1.807) is 36.4 Å². The molecule has 82 valence electrons. The Labute approximate surface area is 92.7 Å². The Balaban J connectivity index is 2.05. The van der Waals surface area contributed by atoms with Crippen LogP contribution in [0, 0.1) is 5.82 Å². The van der Waals surface area contributed by atoms with Gasteiger partial charge in [-0.25, -0.2) is 9.37 Å². The van der Waals surface area contributed by atoms with Crippen molar-refractivity contribution in [1.82, 2.24) is 4.98 Å². The first-order valence-electron chi connectivity index (χ1n) is 4.84. The molecule has 2 rings (SSSR count). The maximum Gasteiger partial charge on any atom is 0.165 e. The van der Waals surface area contributed by atoms with Crippen molar-refractivity contribution in [1.29, 1.82) is 0 Å². The summed E-state index contributed by atoms with van der Waals surface area (Å²) in [4.78, 5) is 4.05. The zero-order chi connectivity index (χ0) is 11.4. The molecule has 0 atom stereocenters. The quantitative estimate of drug-likeness (QED) is 0.860. The predicted molar refractivity (Wildman–Crippen MR) is 59.4 cm³/mol. The summed E-state index contributed by atoms with van der Waals surface area (Å²) in [6.07, 6.45) is 0. The molecule has 0 aliphatic carbocycles. The van der Waals surface area contributed by atoms with Gasteiger partial charge in [-0.1, -0.05) is 18.2 Å². The Morgan fingerprint density at radius 2 is 1.94 bits per heavy atom. The van der Waals surface area contributed by atoms with E-state index < -0.39 is 0 Å². The monoisotopic (exact) mass is 218 g/mol. The number of hydrogen-bond acceptors (Lipinski definition) is 3. The molecule has 1 heterocycles. The van der Waals surface area contributed by atoms with Crippen LogP contribution in [0.1, 0.15) is 5.69 Å². The van der Waals surface area contributed by atoms with Crippen LogP contribution in [-0.4, -0.2) is 4.98 Å². The van der Waals surface area contributed by atoms with Gasteiger partial charge in [0.1, 0.15) is 12.4 Å². The van der Waals surface area contributed by atoms with E-state index in [0.717, 1.165) is 0 Å². The number of anilines is 1. The number of rotatable bonds is 3. The van der Waals surface area contributed by atoms with Crippen molar-refractivity contribution in [2.24, 2.45) is 0 Å². The van der Waals surface area contributed by atoms with Crippen molar-refractivity contribution in [3.63, 3.8) is 0 Å². The van der Waals surface area contributed by atoms with Crippen molar-refractivity contribution in [3.8, 4) is 5.75 Å². The van der Waals surface area contributed by atoms with Crippen LogP contribution >= 0.6 is 0 Å². The number of hydrogen-bond donors (Lipinski definition) is 1. The number of nitrogen functional groups attached to an aromatic ring is 1. The van der Waals surface area contributed by atoms with E-state index in [9.17, 15) is 4.39 Å². The van der Waals surface area contributed by atoms with E-state index in [2.05, 4.69) is 4.98 Å². The van der Waals surface area contributed by atoms with Gasteiger partial charge in [-0.15, -0.1) is 0 Å². The maximum absolute atomic E-state index is 13.2. The summed E-state index contributed by atoms with van der Waals surface area (Å²) in [5.74, 6) is 0.257. The van der Waals surface area contributed by atoms with Gasteiger partial charge < -0.3 is 10.5 Å². The fourth-order valence-corrected chi connectivity index (χ4v) is 1.29. The number of aromatic nitrogens is 1. The summed E-state index contributed by atoms with van der Waals surface area (Å²) in [6, 6.07) is 11.5. The molecule has 3 nitrogen and oxygen atoms in total. The number of ether oxygens (including phenoxy) is 1. The molecule has 1 aromatic heterocycles. The Kier molecular flexibility index (Phi) is 3.00. The highest BCUT2D eigenvalue weighted by Gasteiger charge is 2.02. The van der Waals surface area contributed by atoms with E-state index in [0.29, 0.717) is 11.5 Å². The van der Waals surface area contributed by atoms with E-state index in [-0.39, 0.29) is 18.2 Å². The third-order valence-corrected chi connectivity index (χ3v) is 2.04. The van der Waals surface area contributed by atoms with Crippen LogP contribution in [-0.2, 0) is 6.61 Å². The average molecular weight is 218 g/mol. The molecule has 0 amide bonds. The summed E-state index contributed by atoms with van der Waals surface area (Å²) in [5, 5.41) is 0. The van der Waals surface area contributed by atoms with Gasteiger partial charge in [0, 0.05) is 0 Å². The van der Waals surface area contributed by atoms with Gasteiger partial charge in [0.05, 0.1) is 5.69 Å². The van der Waals surface area contributed by atoms with Crippen molar-refractivity contribution < 1.29 is 9.13 Å². The molecule has 0 unspecified atom stereocenters. The summed E-state index contributed by atoms with van der Waals surface area (Å²) in [5.41, 5.74) is 6.19. The maximum atomic E-state index is 13.2. The topological polar surface area (TPSA) is 48.1 Å². The third-order valence-electron chi connectivity index (χ3n) is 2.04. The first-order chi connectivity index (χ1) is 7.75. The Morgan fingerprint density at radius 3 is 2.69 bits per heavy atom. The molecule has 0 aliphatic rings. The lowest BCUT2D eigenvalue weighted by Gasteiger charge is -2.06. The number of halogens is 1. The van der Waals surface area contributed by atoms with Gasteiger partial charge in [0.15, 0.2) is 11.6 Å². The van der Waals surface area contributed by atoms with Gasteiger partial charge in [-0.3, -0.25) is 0 Å². The second-order valence-electron chi connectivity index (χ2n) is 3.27. The van der Waals surface area contributed by atoms with Crippen molar-refractivity contribution in [2.45, 2.75) is 6.61 Å². The lowest BCUT2D eigenvalue weighted by atomic mass is 10.3. The predicted octanol–water partition coefficient (Wildman–Crippen LogP) is 2.38. The Hall–Kier alpha value is -2.10. The Morgan fingerprint density at radius 1 is 1.12 bits per heavy atom. The highest BCUT2D eigenvalue weighted by Crippen LogP contribution is 2.16. The number of nitrogens with zero attached hydrogens (tertiary/aromatic N) is 1. The highest BCUT2D eigenvalue weighted by atomic mass is 19.1. The van der Waals surface area contributed by atoms with Gasteiger partial charge in [0.2, 0.25) is 0 Å². The molecule has 0 bridgehead atoms. The number of para-hydroxylation sites is 1. The molecule has 16 heavy (non-hydrogen) atoms. The molecule has 0 saturated heterocycles. The van der Waals surface area contributed by atoms with Crippen LogP contribution in [0.15, 0.2) is 42.5 Å². The smallest absolute Gasteiger partial charge is 0.165 e. The fraction of sp³-hybridized carbons (Fsp3) is 0.0833. The molecule has 0 spiro atoms. The van der Waals surface area contributed by atoms with Gasteiger partial charge in [-0.2, -0.15) is 0 Å². The highest BCUT2D eigenvalue weighted by molar-refractivity contribution is 5.29. The molecule has 0 saturated carbocycles. The largest absolute Gasteiger partial charge is 0.484 e. The SMILES string of the molecule is Nc1cccc(COc2ccccc2F)n1. The van der Waals surface area contributed by atoms with Gasteiger partial charge in [0.25, 0.3) is 0 Å². The lowest BCUT2D eigenvalue weighted by molar-refractivity contribution is 0.286. The van der Waals surface area contributed by atoms with E-state index >= 15 is 0 Å². The fourth-order valence-electron chi connectivity index (χ4n) is 1.29. The summed E-state index contributed by atoms with van der Waals surface area (Å²) < 4.78 is 18.5. The summed E-state index contributed by atoms with van der Waals surface area (Å²) in [6.45, 7) is 0.200. The third kappa shape index (κ3) is 2.48. The van der Waals surface area contributed by atoms with Gasteiger partial charge in [-0.05, 0) is 24.3 Å². The minimum Gasteiger partial charge on any atom is -0.484 e. The molecular formula is C12H11FN2O. The minimum absolute atomic E-state index is 0.200. The standard InChI is InChI=1S/C12H11FN2O/c13-10-5-1-2-6-11(10)16-8-9-4-3-7-12(14)15-9/h1-7H,8H2,(H2,14,15). The molecule has 0 fully saturated rings. The zero-order valence-electron chi connectivity index (χ0n) is 8.56. The van der Waals surface area contributed by atoms with Crippen molar-refractivity contribution in [3.05, 3.63) is 54.0 Å². The molecule has 0 aliphatic heterocycles. The molecule has 0 radical (unpaired) electrons. The first-order valence-corrected chi connectivity index (χ1v) is 4.84. The molecular weight excluding hydrogens is 207 g/mol. The average Bonchev–Trinajstić information content (AvgIpc) is 2.28. The van der Waals surface area contributed by atoms with E-state index in [1.165, 1.54) is 6.07 Å². The van der Waals surface area contributed by atoms with E-state index in [1.807, 2.05) is 0 Å².